The summed E-state index contributed by atoms with van der Waals surface area (Å²) in [6, 6.07) is 4.67. The first-order chi connectivity index (χ1) is 9.29. The summed E-state index contributed by atoms with van der Waals surface area (Å²) in [4.78, 5) is 16.9. The summed E-state index contributed by atoms with van der Waals surface area (Å²) in [5, 5.41) is 2.69. The van der Waals surface area contributed by atoms with Gasteiger partial charge in [-0.25, -0.2) is 4.98 Å². The van der Waals surface area contributed by atoms with Crippen molar-refractivity contribution in [2.75, 3.05) is 5.32 Å². The zero-order chi connectivity index (χ0) is 14.9. The number of amides is 1. The summed E-state index contributed by atoms with van der Waals surface area (Å²) in [7, 11) is 0. The van der Waals surface area contributed by atoms with E-state index in [1.165, 1.54) is 23.5 Å². The van der Waals surface area contributed by atoms with Crippen LogP contribution < -0.4 is 5.32 Å². The fourth-order valence-corrected chi connectivity index (χ4v) is 2.43. The summed E-state index contributed by atoms with van der Waals surface area (Å²) in [6.07, 6.45) is -4.57. The quantitative estimate of drug-likeness (QED) is 0.909. The second kappa shape index (κ2) is 5.24. The van der Waals surface area contributed by atoms with Gasteiger partial charge < -0.3 is 0 Å². The minimum atomic E-state index is -4.57. The number of anilines is 1. The van der Waals surface area contributed by atoms with Gasteiger partial charge in [0.25, 0.3) is 5.91 Å². The van der Waals surface area contributed by atoms with E-state index in [9.17, 15) is 18.0 Å². The van der Waals surface area contributed by atoms with E-state index in [-0.39, 0.29) is 0 Å². The third kappa shape index (κ3) is 2.98. The van der Waals surface area contributed by atoms with Gasteiger partial charge in [-0.05, 0) is 26.0 Å². The predicted octanol–water partition coefficient (Wildman–Crippen LogP) is 4.03. The lowest BCUT2D eigenvalue weighted by molar-refractivity contribution is -0.137. The molecule has 0 saturated carbocycles. The summed E-state index contributed by atoms with van der Waals surface area (Å²) in [5.74, 6) is -0.813. The summed E-state index contributed by atoms with van der Waals surface area (Å²) in [5.41, 5.74) is -0.623. The van der Waals surface area contributed by atoms with E-state index in [1.54, 1.807) is 6.92 Å². The number of thiazole rings is 1. The smallest absolute Gasteiger partial charge is 0.298 e. The highest BCUT2D eigenvalue weighted by Gasteiger charge is 2.34. The van der Waals surface area contributed by atoms with E-state index in [2.05, 4.69) is 10.3 Å². The van der Waals surface area contributed by atoms with Crippen LogP contribution in [0.1, 0.15) is 26.5 Å². The van der Waals surface area contributed by atoms with Crippen LogP contribution in [0.5, 0.6) is 0 Å². The monoisotopic (exact) mass is 300 g/mol. The number of benzene rings is 1. The highest BCUT2D eigenvalue weighted by Crippen LogP contribution is 2.32. The highest BCUT2D eigenvalue weighted by molar-refractivity contribution is 7.15. The van der Waals surface area contributed by atoms with E-state index in [0.29, 0.717) is 5.13 Å². The van der Waals surface area contributed by atoms with E-state index >= 15 is 0 Å². The maximum Gasteiger partial charge on any atom is 0.417 e. The number of aromatic nitrogens is 1. The van der Waals surface area contributed by atoms with Gasteiger partial charge in [0, 0.05) is 4.88 Å². The van der Waals surface area contributed by atoms with Crippen molar-refractivity contribution in [2.45, 2.75) is 20.0 Å². The molecule has 0 bridgehead atoms. The van der Waals surface area contributed by atoms with Crippen LogP contribution in [0, 0.1) is 13.8 Å². The second-order valence-corrected chi connectivity index (χ2v) is 5.36. The lowest BCUT2D eigenvalue weighted by atomic mass is 10.1. The largest absolute Gasteiger partial charge is 0.417 e. The molecule has 1 N–H and O–H groups in total. The third-order valence-electron chi connectivity index (χ3n) is 2.73. The Morgan fingerprint density at radius 2 is 1.90 bits per heavy atom. The van der Waals surface area contributed by atoms with Gasteiger partial charge in [-0.3, -0.25) is 10.1 Å². The molecule has 0 aliphatic rings. The van der Waals surface area contributed by atoms with Gasteiger partial charge in [-0.15, -0.1) is 11.3 Å². The van der Waals surface area contributed by atoms with E-state index in [1.807, 2.05) is 6.92 Å². The first-order valence-corrected chi connectivity index (χ1v) is 6.52. The van der Waals surface area contributed by atoms with Crippen molar-refractivity contribution in [3.8, 4) is 0 Å². The molecular weight excluding hydrogens is 289 g/mol. The zero-order valence-corrected chi connectivity index (χ0v) is 11.5. The Balaban J connectivity index is 2.30. The van der Waals surface area contributed by atoms with Gasteiger partial charge in [0.1, 0.15) is 0 Å². The summed E-state index contributed by atoms with van der Waals surface area (Å²) < 4.78 is 38.5. The number of halogens is 3. The van der Waals surface area contributed by atoms with Crippen molar-refractivity contribution >= 4 is 22.4 Å². The van der Waals surface area contributed by atoms with Crippen molar-refractivity contribution in [3.05, 3.63) is 46.0 Å². The Morgan fingerprint density at radius 3 is 2.45 bits per heavy atom. The van der Waals surface area contributed by atoms with Crippen molar-refractivity contribution in [1.82, 2.24) is 4.98 Å². The molecule has 0 aliphatic heterocycles. The minimum absolute atomic E-state index is 0.293. The molecule has 7 heteroatoms. The maximum absolute atomic E-state index is 12.8. The second-order valence-electron chi connectivity index (χ2n) is 4.16. The molecule has 0 unspecified atom stereocenters. The van der Waals surface area contributed by atoms with Crippen LogP contribution >= 0.6 is 11.3 Å². The molecule has 106 valence electrons. The molecule has 2 rings (SSSR count). The van der Waals surface area contributed by atoms with Crippen LogP contribution in [0.3, 0.4) is 0 Å². The van der Waals surface area contributed by atoms with Crippen molar-refractivity contribution in [3.63, 3.8) is 0 Å². The predicted molar refractivity (Wildman–Crippen MR) is 71.0 cm³/mol. The average molecular weight is 300 g/mol. The maximum atomic E-state index is 12.8. The van der Waals surface area contributed by atoms with Crippen LogP contribution in [0.2, 0.25) is 0 Å². The first kappa shape index (κ1) is 14.5. The average Bonchev–Trinajstić information content (AvgIpc) is 2.67. The Labute approximate surface area is 117 Å². The molecule has 3 nitrogen and oxygen atoms in total. The van der Waals surface area contributed by atoms with Crippen molar-refractivity contribution < 1.29 is 18.0 Å². The van der Waals surface area contributed by atoms with Gasteiger partial charge in [-0.2, -0.15) is 13.2 Å². The van der Waals surface area contributed by atoms with Gasteiger partial charge in [0.05, 0.1) is 16.8 Å². The number of nitrogens with zero attached hydrogens (tertiary/aromatic N) is 1. The molecule has 1 aromatic carbocycles. The molecular formula is C13H11F3N2OS. The number of alkyl halides is 3. The molecule has 0 saturated heterocycles. The number of rotatable bonds is 2. The van der Waals surface area contributed by atoms with Gasteiger partial charge in [-0.1, -0.05) is 12.1 Å². The number of nitrogens with one attached hydrogen (secondary N) is 1. The third-order valence-corrected chi connectivity index (χ3v) is 3.71. The Hall–Kier alpha value is -1.89. The van der Waals surface area contributed by atoms with Crippen LogP contribution in [-0.4, -0.2) is 10.9 Å². The van der Waals surface area contributed by atoms with Crippen LogP contribution in [-0.2, 0) is 6.18 Å². The van der Waals surface area contributed by atoms with E-state index < -0.39 is 23.2 Å². The van der Waals surface area contributed by atoms with Gasteiger partial charge >= 0.3 is 6.18 Å². The van der Waals surface area contributed by atoms with Crippen LogP contribution in [0.15, 0.2) is 24.3 Å². The van der Waals surface area contributed by atoms with Gasteiger partial charge in [0.2, 0.25) is 0 Å². The normalized spacial score (nSPS) is 11.4. The highest BCUT2D eigenvalue weighted by atomic mass is 32.1. The molecule has 1 aromatic heterocycles. The molecule has 1 amide bonds. The summed E-state index contributed by atoms with van der Waals surface area (Å²) >= 11 is 1.23. The molecule has 0 aliphatic carbocycles. The van der Waals surface area contributed by atoms with Crippen molar-refractivity contribution in [1.29, 1.82) is 0 Å². The molecule has 0 fully saturated rings. The lowest BCUT2D eigenvalue weighted by Gasteiger charge is -2.11. The van der Waals surface area contributed by atoms with Crippen LogP contribution in [0.25, 0.3) is 0 Å². The fourth-order valence-electron chi connectivity index (χ4n) is 1.62. The molecule has 0 radical (unpaired) electrons. The topological polar surface area (TPSA) is 42.0 Å². The van der Waals surface area contributed by atoms with Crippen LogP contribution in [0.4, 0.5) is 18.3 Å². The molecule has 20 heavy (non-hydrogen) atoms. The van der Waals surface area contributed by atoms with Crippen molar-refractivity contribution in [2.24, 2.45) is 0 Å². The van der Waals surface area contributed by atoms with E-state index in [0.717, 1.165) is 22.7 Å². The Kier molecular flexibility index (Phi) is 3.80. The number of carbonyl (C=O) groups is 1. The van der Waals surface area contributed by atoms with Gasteiger partial charge in [0.15, 0.2) is 5.13 Å². The molecule has 2 aromatic rings. The number of hydrogen-bond acceptors (Lipinski definition) is 3. The van der Waals surface area contributed by atoms with E-state index in [4.69, 9.17) is 0 Å². The lowest BCUT2D eigenvalue weighted by Crippen LogP contribution is -2.18. The fraction of sp³-hybridized carbons (Fsp3) is 0.231. The Morgan fingerprint density at radius 1 is 1.25 bits per heavy atom. The summed E-state index contributed by atoms with van der Waals surface area (Å²) in [6.45, 7) is 3.59. The number of carbonyl (C=O) groups excluding carboxylic acids is 1. The number of hydrogen-bond donors (Lipinski definition) is 1. The SMILES string of the molecule is Cc1nc(NC(=O)c2ccccc2C(F)(F)F)sc1C. The Bertz CT molecular complexity index is 630. The minimum Gasteiger partial charge on any atom is -0.298 e. The molecule has 0 spiro atoms. The first-order valence-electron chi connectivity index (χ1n) is 5.70. The molecule has 0 atom stereocenters. The zero-order valence-electron chi connectivity index (χ0n) is 10.7. The standard InChI is InChI=1S/C13H11F3N2OS/c1-7-8(2)20-12(17-7)18-11(19)9-5-3-4-6-10(9)13(14,15)16/h3-6H,1-2H3,(H,17,18,19). The molecule has 1 heterocycles. The number of aryl methyl sites for hydroxylation is 2.